The van der Waals surface area contributed by atoms with Crippen LogP contribution in [-0.2, 0) is 9.59 Å². The molecule has 158 valence electrons. The minimum Gasteiger partial charge on any atom is -0.497 e. The number of hydrogen-bond donors (Lipinski definition) is 2. The summed E-state index contributed by atoms with van der Waals surface area (Å²) in [5.74, 6) is 0.679. The van der Waals surface area contributed by atoms with Crippen molar-refractivity contribution in [2.45, 2.75) is 6.92 Å². The van der Waals surface area contributed by atoms with Gasteiger partial charge in [-0.2, -0.15) is 0 Å². The Morgan fingerprint density at radius 2 is 1.63 bits per heavy atom. The highest BCUT2D eigenvalue weighted by Gasteiger charge is 2.32. The van der Waals surface area contributed by atoms with Gasteiger partial charge in [-0.05, 0) is 36.4 Å². The zero-order chi connectivity index (χ0) is 21.7. The summed E-state index contributed by atoms with van der Waals surface area (Å²) in [5, 5.41) is 5.42. The molecule has 0 unspecified atom stereocenters. The molecule has 0 saturated carbocycles. The summed E-state index contributed by atoms with van der Waals surface area (Å²) in [6.07, 6.45) is 0. The molecule has 1 aliphatic rings. The molecule has 0 spiro atoms. The Morgan fingerprint density at radius 1 is 0.967 bits per heavy atom. The van der Waals surface area contributed by atoms with Crippen LogP contribution in [0.2, 0.25) is 0 Å². The number of methoxy groups -OCH3 is 2. The standard InChI is InChI=1S/C21H24N4O5/c1-14(26)22-15-4-6-16(7-5-15)23-20(27)13-24-10-11-25(21(24)28)18-12-17(29-2)8-9-19(18)30-3/h4-9,12H,10-11,13H2,1-3H3,(H,22,26)(H,23,27). The van der Waals surface area contributed by atoms with Gasteiger partial charge in [-0.25, -0.2) is 4.79 Å². The molecule has 9 heteroatoms. The number of anilines is 3. The number of urea groups is 1. The first-order chi connectivity index (χ1) is 14.4. The largest absolute Gasteiger partial charge is 0.497 e. The van der Waals surface area contributed by atoms with E-state index in [0.29, 0.717) is 41.7 Å². The van der Waals surface area contributed by atoms with E-state index < -0.39 is 0 Å². The van der Waals surface area contributed by atoms with Gasteiger partial charge in [0.25, 0.3) is 0 Å². The third-order valence-electron chi connectivity index (χ3n) is 4.60. The highest BCUT2D eigenvalue weighted by atomic mass is 16.5. The molecule has 1 fully saturated rings. The summed E-state index contributed by atoms with van der Waals surface area (Å²) in [4.78, 5) is 39.4. The summed E-state index contributed by atoms with van der Waals surface area (Å²) in [5.41, 5.74) is 1.81. The van der Waals surface area contributed by atoms with Crippen LogP contribution in [0.25, 0.3) is 0 Å². The molecule has 4 amide bonds. The zero-order valence-corrected chi connectivity index (χ0v) is 17.1. The molecular formula is C21H24N4O5. The fourth-order valence-electron chi connectivity index (χ4n) is 3.17. The number of hydrogen-bond acceptors (Lipinski definition) is 5. The predicted octanol–water partition coefficient (Wildman–Crippen LogP) is 2.54. The van der Waals surface area contributed by atoms with Crippen LogP contribution in [0.4, 0.5) is 21.9 Å². The van der Waals surface area contributed by atoms with Crippen molar-refractivity contribution in [3.63, 3.8) is 0 Å². The van der Waals surface area contributed by atoms with Crippen molar-refractivity contribution >= 4 is 34.9 Å². The molecule has 1 aliphatic heterocycles. The average molecular weight is 412 g/mol. The van der Waals surface area contributed by atoms with E-state index in [1.165, 1.54) is 18.9 Å². The molecular weight excluding hydrogens is 388 g/mol. The van der Waals surface area contributed by atoms with Gasteiger partial charge in [-0.15, -0.1) is 0 Å². The maximum Gasteiger partial charge on any atom is 0.325 e. The maximum absolute atomic E-state index is 12.8. The van der Waals surface area contributed by atoms with Crippen molar-refractivity contribution < 1.29 is 23.9 Å². The number of ether oxygens (including phenoxy) is 2. The molecule has 1 saturated heterocycles. The van der Waals surface area contributed by atoms with Crippen LogP contribution in [-0.4, -0.2) is 56.6 Å². The van der Waals surface area contributed by atoms with Crippen LogP contribution in [0.3, 0.4) is 0 Å². The van der Waals surface area contributed by atoms with Crippen LogP contribution >= 0.6 is 0 Å². The number of carbonyl (C=O) groups is 3. The normalized spacial score (nSPS) is 13.2. The first-order valence-corrected chi connectivity index (χ1v) is 9.37. The quantitative estimate of drug-likeness (QED) is 0.728. The van der Waals surface area contributed by atoms with E-state index in [1.54, 1.807) is 54.5 Å². The number of amides is 4. The molecule has 2 aromatic rings. The summed E-state index contributed by atoms with van der Waals surface area (Å²) >= 11 is 0. The minimum atomic E-state index is -0.310. The molecule has 0 aliphatic carbocycles. The first-order valence-electron chi connectivity index (χ1n) is 9.37. The molecule has 0 atom stereocenters. The van der Waals surface area contributed by atoms with Crippen molar-refractivity contribution in [3.05, 3.63) is 42.5 Å². The van der Waals surface area contributed by atoms with Gasteiger partial charge in [-0.3, -0.25) is 14.5 Å². The summed E-state index contributed by atoms with van der Waals surface area (Å²) in [6, 6.07) is 11.7. The van der Waals surface area contributed by atoms with E-state index in [2.05, 4.69) is 10.6 Å². The second-order valence-corrected chi connectivity index (χ2v) is 6.70. The van der Waals surface area contributed by atoms with Gasteiger partial charge in [0.05, 0.1) is 19.9 Å². The molecule has 1 heterocycles. The number of nitrogens with zero attached hydrogens (tertiary/aromatic N) is 2. The van der Waals surface area contributed by atoms with Crippen molar-refractivity contribution in [1.29, 1.82) is 0 Å². The second kappa shape index (κ2) is 9.17. The SMILES string of the molecule is COc1ccc(OC)c(N2CCN(CC(=O)Nc3ccc(NC(C)=O)cc3)C2=O)c1. The van der Waals surface area contributed by atoms with E-state index in [0.717, 1.165) is 0 Å². The van der Waals surface area contributed by atoms with Crippen LogP contribution < -0.4 is 25.0 Å². The van der Waals surface area contributed by atoms with Gasteiger partial charge < -0.3 is 25.0 Å². The van der Waals surface area contributed by atoms with E-state index in [-0.39, 0.29) is 24.4 Å². The summed E-state index contributed by atoms with van der Waals surface area (Å²) in [6.45, 7) is 2.19. The zero-order valence-electron chi connectivity index (χ0n) is 17.1. The van der Waals surface area contributed by atoms with Gasteiger partial charge in [0.1, 0.15) is 18.0 Å². The molecule has 0 aromatic heterocycles. The number of nitrogens with one attached hydrogen (secondary N) is 2. The lowest BCUT2D eigenvalue weighted by Gasteiger charge is -2.21. The molecule has 0 radical (unpaired) electrons. The van der Waals surface area contributed by atoms with Crippen LogP contribution in [0, 0.1) is 0 Å². The van der Waals surface area contributed by atoms with Gasteiger partial charge >= 0.3 is 6.03 Å². The Labute approximate surface area is 174 Å². The van der Waals surface area contributed by atoms with Crippen molar-refractivity contribution in [2.75, 3.05) is 49.4 Å². The molecule has 30 heavy (non-hydrogen) atoms. The lowest BCUT2D eigenvalue weighted by Crippen LogP contribution is -2.37. The molecule has 2 aromatic carbocycles. The monoisotopic (exact) mass is 412 g/mol. The Kier molecular flexibility index (Phi) is 6.41. The van der Waals surface area contributed by atoms with E-state index >= 15 is 0 Å². The van der Waals surface area contributed by atoms with Crippen molar-refractivity contribution in [3.8, 4) is 11.5 Å². The fourth-order valence-corrected chi connectivity index (χ4v) is 3.17. The summed E-state index contributed by atoms with van der Waals surface area (Å²) in [7, 11) is 3.09. The molecule has 9 nitrogen and oxygen atoms in total. The highest BCUT2D eigenvalue weighted by Crippen LogP contribution is 2.34. The Bertz CT molecular complexity index is 945. The van der Waals surface area contributed by atoms with E-state index in [1.807, 2.05) is 0 Å². The minimum absolute atomic E-state index is 0.0743. The molecule has 0 bridgehead atoms. The maximum atomic E-state index is 12.8. The molecule has 3 rings (SSSR count). The van der Waals surface area contributed by atoms with Crippen LogP contribution in [0.15, 0.2) is 42.5 Å². The summed E-state index contributed by atoms with van der Waals surface area (Å²) < 4.78 is 10.6. The number of carbonyl (C=O) groups excluding carboxylic acids is 3. The second-order valence-electron chi connectivity index (χ2n) is 6.70. The Morgan fingerprint density at radius 3 is 2.23 bits per heavy atom. The van der Waals surface area contributed by atoms with Gasteiger partial charge in [0.15, 0.2) is 0 Å². The first kappa shape index (κ1) is 21.0. The molecule has 2 N–H and O–H groups in total. The van der Waals surface area contributed by atoms with Gasteiger partial charge in [-0.1, -0.05) is 0 Å². The van der Waals surface area contributed by atoms with Gasteiger partial charge in [0, 0.05) is 37.5 Å². The third kappa shape index (κ3) is 4.80. The number of rotatable bonds is 7. The third-order valence-corrected chi connectivity index (χ3v) is 4.60. The van der Waals surface area contributed by atoms with E-state index in [9.17, 15) is 14.4 Å². The Balaban J connectivity index is 1.63. The van der Waals surface area contributed by atoms with Crippen molar-refractivity contribution in [1.82, 2.24) is 4.90 Å². The Hall–Kier alpha value is -3.75. The highest BCUT2D eigenvalue weighted by molar-refractivity contribution is 6.00. The predicted molar refractivity (Wildman–Crippen MR) is 113 cm³/mol. The van der Waals surface area contributed by atoms with Crippen molar-refractivity contribution in [2.24, 2.45) is 0 Å². The van der Waals surface area contributed by atoms with Crippen LogP contribution in [0.5, 0.6) is 11.5 Å². The van der Waals surface area contributed by atoms with E-state index in [4.69, 9.17) is 9.47 Å². The topological polar surface area (TPSA) is 100 Å². The average Bonchev–Trinajstić information content (AvgIpc) is 3.08. The number of benzene rings is 2. The van der Waals surface area contributed by atoms with Gasteiger partial charge in [0.2, 0.25) is 11.8 Å². The smallest absolute Gasteiger partial charge is 0.325 e. The fraction of sp³-hybridized carbons (Fsp3) is 0.286. The van der Waals surface area contributed by atoms with Crippen LogP contribution in [0.1, 0.15) is 6.92 Å². The lowest BCUT2D eigenvalue weighted by atomic mass is 10.2. The lowest BCUT2D eigenvalue weighted by molar-refractivity contribution is -0.116.